The lowest BCUT2D eigenvalue weighted by Crippen LogP contribution is -2.38. The summed E-state index contributed by atoms with van der Waals surface area (Å²) in [5, 5.41) is 0. The van der Waals surface area contributed by atoms with Crippen LogP contribution in [0.15, 0.2) is 91.0 Å². The first-order chi connectivity index (χ1) is 15.8. The smallest absolute Gasteiger partial charge is 0.00542 e. The van der Waals surface area contributed by atoms with Gasteiger partial charge in [-0.2, -0.15) is 0 Å². The van der Waals surface area contributed by atoms with Crippen LogP contribution in [0.5, 0.6) is 0 Å². The van der Waals surface area contributed by atoms with Crippen molar-refractivity contribution in [2.45, 2.75) is 31.1 Å². The predicted octanol–water partition coefficient (Wildman–Crippen LogP) is 5.82. The fraction of sp³-hybridized carbons (Fsp3) is 0.400. The van der Waals surface area contributed by atoms with Gasteiger partial charge in [0.05, 0.1) is 0 Å². The van der Waals surface area contributed by atoms with Gasteiger partial charge >= 0.3 is 0 Å². The van der Waals surface area contributed by atoms with E-state index in [1.165, 1.54) is 68.8 Å². The van der Waals surface area contributed by atoms with Gasteiger partial charge in [0.25, 0.3) is 0 Å². The predicted molar refractivity (Wildman–Crippen MR) is 134 cm³/mol. The van der Waals surface area contributed by atoms with E-state index in [1.807, 2.05) is 0 Å². The molecule has 0 saturated carbocycles. The zero-order valence-electron chi connectivity index (χ0n) is 19.2. The van der Waals surface area contributed by atoms with E-state index < -0.39 is 0 Å². The molecule has 2 nitrogen and oxygen atoms in total. The van der Waals surface area contributed by atoms with E-state index in [9.17, 15) is 0 Å². The largest absolute Gasteiger partial charge is 0.303 e. The van der Waals surface area contributed by atoms with E-state index >= 15 is 0 Å². The molecule has 32 heavy (non-hydrogen) atoms. The molecule has 0 aliphatic carbocycles. The molecule has 3 aromatic rings. The van der Waals surface area contributed by atoms with Crippen molar-refractivity contribution in [2.75, 3.05) is 39.3 Å². The summed E-state index contributed by atoms with van der Waals surface area (Å²) in [6, 6.07) is 33.4. The van der Waals surface area contributed by atoms with Crippen molar-refractivity contribution in [1.82, 2.24) is 9.80 Å². The SMILES string of the molecule is c1ccc(CCN2CC(CN3CCC(c4ccccc4)CC3)C(c3ccccc3)C2)cc1. The van der Waals surface area contributed by atoms with E-state index in [0.29, 0.717) is 5.92 Å². The van der Waals surface area contributed by atoms with Gasteiger partial charge in [0.15, 0.2) is 0 Å². The molecule has 2 aliphatic rings. The third-order valence-electron chi connectivity index (χ3n) is 7.66. The fourth-order valence-electron chi connectivity index (χ4n) is 5.84. The molecule has 3 aromatic carbocycles. The molecule has 166 valence electrons. The summed E-state index contributed by atoms with van der Waals surface area (Å²) >= 11 is 0. The van der Waals surface area contributed by atoms with Gasteiger partial charge in [0, 0.05) is 32.1 Å². The first-order valence-electron chi connectivity index (χ1n) is 12.4. The maximum absolute atomic E-state index is 2.75. The number of hydrogen-bond donors (Lipinski definition) is 0. The van der Waals surface area contributed by atoms with Gasteiger partial charge < -0.3 is 9.80 Å². The highest BCUT2D eigenvalue weighted by Crippen LogP contribution is 2.35. The molecule has 0 amide bonds. The Morgan fingerprint density at radius 1 is 0.625 bits per heavy atom. The van der Waals surface area contributed by atoms with E-state index in [4.69, 9.17) is 0 Å². The Labute approximate surface area is 193 Å². The third-order valence-corrected chi connectivity index (χ3v) is 7.66. The highest BCUT2D eigenvalue weighted by atomic mass is 15.2. The number of likely N-dealkylation sites (tertiary alicyclic amines) is 2. The van der Waals surface area contributed by atoms with E-state index in [2.05, 4.69) is 101 Å². The Morgan fingerprint density at radius 3 is 1.88 bits per heavy atom. The molecule has 0 spiro atoms. The summed E-state index contributed by atoms with van der Waals surface area (Å²) in [4.78, 5) is 5.47. The average Bonchev–Trinajstić information content (AvgIpc) is 3.27. The molecule has 5 rings (SSSR count). The first kappa shape index (κ1) is 21.4. The summed E-state index contributed by atoms with van der Waals surface area (Å²) in [5.41, 5.74) is 4.51. The second-order valence-corrected chi connectivity index (χ2v) is 9.76. The van der Waals surface area contributed by atoms with Gasteiger partial charge in [0.2, 0.25) is 0 Å². The zero-order valence-corrected chi connectivity index (χ0v) is 19.2. The van der Waals surface area contributed by atoms with Gasteiger partial charge in [-0.25, -0.2) is 0 Å². The van der Waals surface area contributed by atoms with Gasteiger partial charge in [0.1, 0.15) is 0 Å². The van der Waals surface area contributed by atoms with Crippen molar-refractivity contribution in [3.8, 4) is 0 Å². The number of rotatable bonds is 7. The van der Waals surface area contributed by atoms with E-state index in [1.54, 1.807) is 0 Å². The number of nitrogens with zero attached hydrogens (tertiary/aromatic N) is 2. The molecule has 2 heterocycles. The Morgan fingerprint density at radius 2 is 1.22 bits per heavy atom. The zero-order chi connectivity index (χ0) is 21.6. The second kappa shape index (κ2) is 10.5. The van der Waals surface area contributed by atoms with Crippen molar-refractivity contribution in [1.29, 1.82) is 0 Å². The molecular weight excluding hydrogens is 388 g/mol. The van der Waals surface area contributed by atoms with Crippen LogP contribution in [0.25, 0.3) is 0 Å². The number of piperidine rings is 1. The Balaban J connectivity index is 1.21. The summed E-state index contributed by atoms with van der Waals surface area (Å²) < 4.78 is 0. The van der Waals surface area contributed by atoms with Crippen LogP contribution in [0.4, 0.5) is 0 Å². The quantitative estimate of drug-likeness (QED) is 0.471. The monoisotopic (exact) mass is 424 g/mol. The number of benzene rings is 3. The summed E-state index contributed by atoms with van der Waals surface area (Å²) in [7, 11) is 0. The van der Waals surface area contributed by atoms with Crippen LogP contribution in [0.2, 0.25) is 0 Å². The molecule has 0 aromatic heterocycles. The van der Waals surface area contributed by atoms with Gasteiger partial charge in [-0.1, -0.05) is 91.0 Å². The molecule has 0 bridgehead atoms. The molecule has 2 unspecified atom stereocenters. The van der Waals surface area contributed by atoms with Crippen LogP contribution in [0.3, 0.4) is 0 Å². The molecular formula is C30H36N2. The molecule has 2 atom stereocenters. The Hall–Kier alpha value is -2.42. The highest BCUT2D eigenvalue weighted by Gasteiger charge is 2.35. The van der Waals surface area contributed by atoms with Crippen LogP contribution in [-0.2, 0) is 6.42 Å². The van der Waals surface area contributed by atoms with Crippen LogP contribution in [0.1, 0.15) is 41.4 Å². The Kier molecular flexibility index (Phi) is 7.01. The normalized spacial score (nSPS) is 22.9. The molecule has 2 aliphatic heterocycles. The molecule has 2 heteroatoms. The summed E-state index contributed by atoms with van der Waals surface area (Å²) in [5.74, 6) is 2.11. The minimum atomic E-state index is 0.652. The molecule has 2 saturated heterocycles. The van der Waals surface area contributed by atoms with Crippen molar-refractivity contribution < 1.29 is 0 Å². The molecule has 2 fully saturated rings. The summed E-state index contributed by atoms with van der Waals surface area (Å²) in [6.45, 7) is 7.30. The van der Waals surface area contributed by atoms with Gasteiger partial charge in [-0.05, 0) is 60.9 Å². The minimum absolute atomic E-state index is 0.652. The lowest BCUT2D eigenvalue weighted by atomic mass is 9.86. The minimum Gasteiger partial charge on any atom is -0.303 e. The highest BCUT2D eigenvalue weighted by molar-refractivity contribution is 5.23. The topological polar surface area (TPSA) is 6.48 Å². The van der Waals surface area contributed by atoms with E-state index in [0.717, 1.165) is 18.3 Å². The second-order valence-electron chi connectivity index (χ2n) is 9.76. The summed E-state index contributed by atoms with van der Waals surface area (Å²) in [6.07, 6.45) is 3.74. The van der Waals surface area contributed by atoms with Crippen LogP contribution >= 0.6 is 0 Å². The number of hydrogen-bond acceptors (Lipinski definition) is 2. The standard InChI is InChI=1S/C30H36N2/c1-4-10-25(11-5-1)16-19-32-23-29(30(24-32)28-14-8-3-9-15-28)22-31-20-17-27(18-21-31)26-12-6-2-7-13-26/h1-15,27,29-30H,16-24H2. The lowest BCUT2D eigenvalue weighted by Gasteiger charge is -2.35. The maximum atomic E-state index is 2.75. The van der Waals surface area contributed by atoms with Crippen LogP contribution < -0.4 is 0 Å². The molecule has 0 radical (unpaired) electrons. The van der Waals surface area contributed by atoms with Crippen molar-refractivity contribution in [3.63, 3.8) is 0 Å². The van der Waals surface area contributed by atoms with Gasteiger partial charge in [-0.3, -0.25) is 0 Å². The van der Waals surface area contributed by atoms with Gasteiger partial charge in [-0.15, -0.1) is 0 Å². The third kappa shape index (κ3) is 5.31. The van der Waals surface area contributed by atoms with Crippen molar-refractivity contribution >= 4 is 0 Å². The Bertz CT molecular complexity index is 932. The van der Waals surface area contributed by atoms with E-state index in [-0.39, 0.29) is 0 Å². The average molecular weight is 425 g/mol. The van der Waals surface area contributed by atoms with Crippen molar-refractivity contribution in [3.05, 3.63) is 108 Å². The van der Waals surface area contributed by atoms with Crippen LogP contribution in [-0.4, -0.2) is 49.1 Å². The fourth-order valence-corrected chi connectivity index (χ4v) is 5.84. The lowest BCUT2D eigenvalue weighted by molar-refractivity contribution is 0.177. The van der Waals surface area contributed by atoms with Crippen molar-refractivity contribution in [2.24, 2.45) is 5.92 Å². The first-order valence-corrected chi connectivity index (χ1v) is 12.4. The maximum Gasteiger partial charge on any atom is 0.00542 e. The van der Waals surface area contributed by atoms with Crippen LogP contribution in [0, 0.1) is 5.92 Å². The molecule has 0 N–H and O–H groups in total.